The van der Waals surface area contributed by atoms with Crippen LogP contribution in [0.25, 0.3) is 0 Å². The fourth-order valence-electron chi connectivity index (χ4n) is 2.33. The van der Waals surface area contributed by atoms with Crippen LogP contribution in [0.15, 0.2) is 18.2 Å². The first-order valence-electron chi connectivity index (χ1n) is 6.93. The predicted octanol–water partition coefficient (Wildman–Crippen LogP) is 2.56. The molecule has 1 atom stereocenters. The van der Waals surface area contributed by atoms with Gasteiger partial charge in [0.1, 0.15) is 0 Å². The molecule has 5 heteroatoms. The van der Waals surface area contributed by atoms with E-state index in [2.05, 4.69) is 0 Å². The quantitative estimate of drug-likeness (QED) is 0.922. The summed E-state index contributed by atoms with van der Waals surface area (Å²) >= 11 is 0. The Bertz CT molecular complexity index is 472. The van der Waals surface area contributed by atoms with Crippen LogP contribution in [0.2, 0.25) is 0 Å². The molecule has 0 saturated carbocycles. The van der Waals surface area contributed by atoms with Crippen molar-refractivity contribution in [3.63, 3.8) is 0 Å². The topological polar surface area (TPSA) is 49.8 Å². The lowest BCUT2D eigenvalue weighted by Crippen LogP contribution is -2.31. The van der Waals surface area contributed by atoms with Gasteiger partial charge in [0.05, 0.1) is 6.10 Å². The fraction of sp³-hybridized carbons (Fsp3) is 0.533. The average Bonchev–Trinajstić information content (AvgIpc) is 2.48. The number of hydrogen-bond donors (Lipinski definition) is 1. The van der Waals surface area contributed by atoms with Gasteiger partial charge in [-0.05, 0) is 43.9 Å². The summed E-state index contributed by atoms with van der Waals surface area (Å²) < 4.78 is 18.9. The number of nitrogens with zero attached hydrogens (tertiary/aromatic N) is 1. The number of carbonyl (C=O) groups excluding carboxylic acids is 1. The lowest BCUT2D eigenvalue weighted by molar-refractivity contribution is 0.00709. The van der Waals surface area contributed by atoms with Crippen LogP contribution < -0.4 is 0 Å². The zero-order valence-electron chi connectivity index (χ0n) is 11.6. The van der Waals surface area contributed by atoms with E-state index in [0.29, 0.717) is 6.54 Å². The van der Waals surface area contributed by atoms with Crippen molar-refractivity contribution in [3.05, 3.63) is 29.6 Å². The summed E-state index contributed by atoms with van der Waals surface area (Å²) in [6, 6.07) is 3.68. The highest BCUT2D eigenvalue weighted by atomic mass is 19.1. The van der Waals surface area contributed by atoms with Crippen LogP contribution in [0.5, 0.6) is 5.75 Å². The summed E-state index contributed by atoms with van der Waals surface area (Å²) in [5, 5.41) is 9.12. The van der Waals surface area contributed by atoms with Crippen molar-refractivity contribution in [2.75, 3.05) is 20.2 Å². The van der Waals surface area contributed by atoms with Gasteiger partial charge in [0, 0.05) is 25.8 Å². The smallest absolute Gasteiger partial charge is 0.253 e. The maximum absolute atomic E-state index is 13.2. The number of carbonyl (C=O) groups is 1. The summed E-state index contributed by atoms with van der Waals surface area (Å²) in [7, 11) is 1.69. The van der Waals surface area contributed by atoms with Crippen molar-refractivity contribution >= 4 is 5.91 Å². The van der Waals surface area contributed by atoms with Crippen molar-refractivity contribution in [1.82, 2.24) is 4.90 Å². The van der Waals surface area contributed by atoms with Gasteiger partial charge in [-0.3, -0.25) is 4.79 Å². The van der Waals surface area contributed by atoms with Crippen LogP contribution in [0.4, 0.5) is 4.39 Å². The van der Waals surface area contributed by atoms with E-state index in [0.717, 1.165) is 31.9 Å². The molecule has 1 amide bonds. The SMILES string of the molecule is CN(CC[C@@H]1CCCCO1)C(=O)c1ccc(O)c(F)c1. The number of benzene rings is 1. The van der Waals surface area contributed by atoms with E-state index in [4.69, 9.17) is 9.84 Å². The zero-order chi connectivity index (χ0) is 14.5. The number of hydrogen-bond acceptors (Lipinski definition) is 3. The Balaban J connectivity index is 1.89. The van der Waals surface area contributed by atoms with Gasteiger partial charge in [-0.15, -0.1) is 0 Å². The molecule has 0 spiro atoms. The Morgan fingerprint density at radius 3 is 2.95 bits per heavy atom. The summed E-state index contributed by atoms with van der Waals surface area (Å²) in [6.45, 7) is 1.37. The second-order valence-corrected chi connectivity index (χ2v) is 5.17. The molecule has 1 saturated heterocycles. The molecule has 0 radical (unpaired) electrons. The van der Waals surface area contributed by atoms with Crippen molar-refractivity contribution in [2.24, 2.45) is 0 Å². The van der Waals surface area contributed by atoms with Gasteiger partial charge in [-0.1, -0.05) is 0 Å². The molecule has 1 aromatic rings. The predicted molar refractivity (Wildman–Crippen MR) is 73.2 cm³/mol. The van der Waals surface area contributed by atoms with Crippen LogP contribution in [0, 0.1) is 5.82 Å². The number of rotatable bonds is 4. The van der Waals surface area contributed by atoms with E-state index in [-0.39, 0.29) is 17.6 Å². The van der Waals surface area contributed by atoms with Gasteiger partial charge in [0.15, 0.2) is 11.6 Å². The molecule has 1 aromatic carbocycles. The van der Waals surface area contributed by atoms with Crippen LogP contribution in [-0.4, -0.2) is 42.2 Å². The number of amides is 1. The van der Waals surface area contributed by atoms with Crippen molar-refractivity contribution < 1.29 is 19.0 Å². The minimum absolute atomic E-state index is 0.218. The molecule has 0 unspecified atom stereocenters. The Kier molecular flexibility index (Phi) is 4.95. The van der Waals surface area contributed by atoms with Crippen molar-refractivity contribution in [2.45, 2.75) is 31.8 Å². The first kappa shape index (κ1) is 14.8. The van der Waals surface area contributed by atoms with Crippen LogP contribution >= 0.6 is 0 Å². The number of aromatic hydroxyl groups is 1. The van der Waals surface area contributed by atoms with E-state index in [1.807, 2.05) is 0 Å². The molecular weight excluding hydrogens is 261 g/mol. The molecule has 0 bridgehead atoms. The monoisotopic (exact) mass is 281 g/mol. The molecule has 1 heterocycles. The Hall–Kier alpha value is -1.62. The number of phenolic OH excluding ortho intramolecular Hbond substituents is 1. The normalized spacial score (nSPS) is 18.8. The zero-order valence-corrected chi connectivity index (χ0v) is 11.6. The lowest BCUT2D eigenvalue weighted by Gasteiger charge is -2.25. The summed E-state index contributed by atoms with van der Waals surface area (Å²) in [5.74, 6) is -1.47. The second-order valence-electron chi connectivity index (χ2n) is 5.17. The van der Waals surface area contributed by atoms with Gasteiger partial charge in [0.25, 0.3) is 5.91 Å². The first-order chi connectivity index (χ1) is 9.58. The number of halogens is 1. The molecule has 0 aromatic heterocycles. The largest absolute Gasteiger partial charge is 0.505 e. The molecule has 1 N–H and O–H groups in total. The summed E-state index contributed by atoms with van der Waals surface area (Å²) in [4.78, 5) is 13.7. The Morgan fingerprint density at radius 1 is 1.50 bits per heavy atom. The van der Waals surface area contributed by atoms with E-state index >= 15 is 0 Å². The highest BCUT2D eigenvalue weighted by molar-refractivity contribution is 5.94. The highest BCUT2D eigenvalue weighted by Crippen LogP contribution is 2.18. The molecule has 1 aliphatic rings. The lowest BCUT2D eigenvalue weighted by atomic mass is 10.1. The van der Waals surface area contributed by atoms with Crippen molar-refractivity contribution in [3.8, 4) is 5.75 Å². The van der Waals surface area contributed by atoms with E-state index in [1.165, 1.54) is 18.6 Å². The summed E-state index contributed by atoms with van der Waals surface area (Å²) in [5.41, 5.74) is 0.243. The van der Waals surface area contributed by atoms with E-state index in [9.17, 15) is 9.18 Å². The molecule has 1 aliphatic heterocycles. The van der Waals surface area contributed by atoms with E-state index in [1.54, 1.807) is 11.9 Å². The summed E-state index contributed by atoms with van der Waals surface area (Å²) in [6.07, 6.45) is 4.33. The van der Waals surface area contributed by atoms with Gasteiger partial charge >= 0.3 is 0 Å². The molecule has 1 fully saturated rings. The van der Waals surface area contributed by atoms with Crippen LogP contribution in [0.1, 0.15) is 36.0 Å². The van der Waals surface area contributed by atoms with Crippen molar-refractivity contribution in [1.29, 1.82) is 0 Å². The minimum Gasteiger partial charge on any atom is -0.505 e. The third-order valence-electron chi connectivity index (χ3n) is 3.60. The third kappa shape index (κ3) is 3.70. The Morgan fingerprint density at radius 2 is 2.30 bits per heavy atom. The molecule has 2 rings (SSSR count). The maximum Gasteiger partial charge on any atom is 0.253 e. The number of ether oxygens (including phenoxy) is 1. The molecule has 0 aliphatic carbocycles. The highest BCUT2D eigenvalue weighted by Gasteiger charge is 2.18. The first-order valence-corrected chi connectivity index (χ1v) is 6.93. The maximum atomic E-state index is 13.2. The fourth-order valence-corrected chi connectivity index (χ4v) is 2.33. The average molecular weight is 281 g/mol. The van der Waals surface area contributed by atoms with Gasteiger partial charge < -0.3 is 14.7 Å². The standard InChI is InChI=1S/C15H20FNO3/c1-17(8-7-12-4-2-3-9-20-12)15(19)11-5-6-14(18)13(16)10-11/h5-6,10,12,18H,2-4,7-9H2,1H3/t12-/m0/s1. The Labute approximate surface area is 118 Å². The number of phenols is 1. The molecule has 110 valence electrons. The van der Waals surface area contributed by atoms with E-state index < -0.39 is 11.6 Å². The molecule has 20 heavy (non-hydrogen) atoms. The third-order valence-corrected chi connectivity index (χ3v) is 3.60. The van der Waals surface area contributed by atoms with Crippen LogP contribution in [0.3, 0.4) is 0 Å². The van der Waals surface area contributed by atoms with Crippen LogP contribution in [-0.2, 0) is 4.74 Å². The van der Waals surface area contributed by atoms with Gasteiger partial charge in [0.2, 0.25) is 0 Å². The second kappa shape index (κ2) is 6.70. The molecule has 4 nitrogen and oxygen atoms in total. The van der Waals surface area contributed by atoms with Gasteiger partial charge in [-0.2, -0.15) is 0 Å². The molecular formula is C15H20FNO3. The van der Waals surface area contributed by atoms with Gasteiger partial charge in [-0.25, -0.2) is 4.39 Å². The minimum atomic E-state index is -0.778.